The Morgan fingerprint density at radius 1 is 1.56 bits per heavy atom. The average molecular weight is 267 g/mol. The number of nitrogens with one attached hydrogen (secondary N) is 1. The summed E-state index contributed by atoms with van der Waals surface area (Å²) < 4.78 is 30.3. The Kier molecular flexibility index (Phi) is 4.37. The zero-order valence-corrected chi connectivity index (χ0v) is 10.6. The Morgan fingerprint density at radius 2 is 2.31 bits per heavy atom. The van der Waals surface area contributed by atoms with Gasteiger partial charge in [-0.15, -0.1) is 12.4 Å². The van der Waals surface area contributed by atoms with Crippen molar-refractivity contribution in [3.8, 4) is 0 Å². The molecule has 1 unspecified atom stereocenters. The molecular formula is C9H15ClN2O3S. The second kappa shape index (κ2) is 5.18. The van der Waals surface area contributed by atoms with Crippen molar-refractivity contribution in [3.05, 3.63) is 18.4 Å². The molecule has 0 aromatic carbocycles. The number of furan rings is 1. The van der Waals surface area contributed by atoms with Gasteiger partial charge in [0.15, 0.2) is 0 Å². The van der Waals surface area contributed by atoms with Crippen molar-refractivity contribution >= 4 is 22.4 Å². The summed E-state index contributed by atoms with van der Waals surface area (Å²) in [5, 5.41) is 3.14. The summed E-state index contributed by atoms with van der Waals surface area (Å²) >= 11 is 0. The minimum absolute atomic E-state index is 0. The third-order valence-corrected chi connectivity index (χ3v) is 4.47. The van der Waals surface area contributed by atoms with E-state index < -0.39 is 10.0 Å². The van der Waals surface area contributed by atoms with Crippen molar-refractivity contribution in [2.24, 2.45) is 0 Å². The molecule has 1 aromatic rings. The van der Waals surface area contributed by atoms with Crippen LogP contribution in [-0.2, 0) is 10.0 Å². The number of rotatable bonds is 3. The number of halogens is 1. The fourth-order valence-corrected chi connectivity index (χ4v) is 2.98. The van der Waals surface area contributed by atoms with Crippen LogP contribution < -0.4 is 5.32 Å². The third-order valence-electron chi connectivity index (χ3n) is 2.68. The minimum atomic E-state index is -3.45. The monoisotopic (exact) mass is 266 g/mol. The largest absolute Gasteiger partial charge is 0.452 e. The van der Waals surface area contributed by atoms with E-state index in [2.05, 4.69) is 5.32 Å². The van der Waals surface area contributed by atoms with Crippen LogP contribution in [0.25, 0.3) is 0 Å². The number of sulfonamides is 1. The van der Waals surface area contributed by atoms with Gasteiger partial charge in [-0.05, 0) is 25.1 Å². The predicted molar refractivity (Wildman–Crippen MR) is 62.2 cm³/mol. The molecule has 0 saturated carbocycles. The maximum Gasteiger partial charge on any atom is 0.276 e. The van der Waals surface area contributed by atoms with E-state index in [1.54, 1.807) is 13.1 Å². The van der Waals surface area contributed by atoms with Crippen LogP contribution >= 0.6 is 12.4 Å². The summed E-state index contributed by atoms with van der Waals surface area (Å²) in [6, 6.07) is 3.07. The maximum absolute atomic E-state index is 12.0. The van der Waals surface area contributed by atoms with Gasteiger partial charge in [-0.25, -0.2) is 8.42 Å². The molecule has 0 radical (unpaired) electrons. The van der Waals surface area contributed by atoms with Crippen molar-refractivity contribution in [2.75, 3.05) is 20.1 Å². The molecule has 92 valence electrons. The van der Waals surface area contributed by atoms with E-state index in [1.807, 2.05) is 0 Å². The Hall–Kier alpha value is -0.560. The Bertz CT molecular complexity index is 412. The summed E-state index contributed by atoms with van der Waals surface area (Å²) in [4.78, 5) is 0. The zero-order valence-electron chi connectivity index (χ0n) is 8.92. The molecule has 1 aliphatic heterocycles. The first-order valence-electron chi connectivity index (χ1n) is 4.84. The van der Waals surface area contributed by atoms with Crippen LogP contribution in [0.2, 0.25) is 0 Å². The van der Waals surface area contributed by atoms with E-state index >= 15 is 0 Å². The first kappa shape index (κ1) is 13.5. The molecule has 0 bridgehead atoms. The van der Waals surface area contributed by atoms with E-state index in [1.165, 1.54) is 16.6 Å². The summed E-state index contributed by atoms with van der Waals surface area (Å²) in [5.41, 5.74) is 0. The molecule has 1 aliphatic rings. The van der Waals surface area contributed by atoms with Crippen LogP contribution in [-0.4, -0.2) is 38.9 Å². The topological polar surface area (TPSA) is 62.6 Å². The molecule has 2 heterocycles. The van der Waals surface area contributed by atoms with E-state index in [4.69, 9.17) is 4.42 Å². The standard InChI is InChI=1S/C9H14N2O3S.ClH/c1-11(8-4-5-10-7-8)15(12,13)9-3-2-6-14-9;/h2-3,6,8,10H,4-5,7H2,1H3;1H. The molecular weight excluding hydrogens is 252 g/mol. The molecule has 0 aliphatic carbocycles. The number of likely N-dealkylation sites (N-methyl/N-ethyl adjacent to an activating group) is 1. The normalized spacial score (nSPS) is 21.0. The summed E-state index contributed by atoms with van der Waals surface area (Å²) in [6.45, 7) is 1.57. The molecule has 1 N–H and O–H groups in total. The van der Waals surface area contributed by atoms with E-state index in [0.29, 0.717) is 6.54 Å². The fraction of sp³-hybridized carbons (Fsp3) is 0.556. The summed E-state index contributed by atoms with van der Waals surface area (Å²) in [6.07, 6.45) is 2.21. The van der Waals surface area contributed by atoms with Crippen molar-refractivity contribution in [1.82, 2.24) is 9.62 Å². The van der Waals surface area contributed by atoms with Crippen molar-refractivity contribution in [2.45, 2.75) is 17.6 Å². The van der Waals surface area contributed by atoms with Gasteiger partial charge in [-0.3, -0.25) is 0 Å². The SMILES string of the molecule is CN(C1CCNC1)S(=O)(=O)c1ccco1.Cl. The highest BCUT2D eigenvalue weighted by molar-refractivity contribution is 7.89. The van der Waals surface area contributed by atoms with Crippen LogP contribution in [0, 0.1) is 0 Å². The first-order chi connectivity index (χ1) is 7.12. The molecule has 1 aromatic heterocycles. The van der Waals surface area contributed by atoms with Gasteiger partial charge >= 0.3 is 0 Å². The number of hydrogen-bond acceptors (Lipinski definition) is 4. The van der Waals surface area contributed by atoms with Gasteiger partial charge in [0.25, 0.3) is 10.0 Å². The lowest BCUT2D eigenvalue weighted by atomic mass is 10.3. The van der Waals surface area contributed by atoms with Crippen LogP contribution in [0.3, 0.4) is 0 Å². The first-order valence-corrected chi connectivity index (χ1v) is 6.28. The fourth-order valence-electron chi connectivity index (χ4n) is 1.70. The Labute approximate surface area is 101 Å². The van der Waals surface area contributed by atoms with Gasteiger partial charge < -0.3 is 9.73 Å². The smallest absolute Gasteiger partial charge is 0.276 e. The molecule has 1 fully saturated rings. The molecule has 16 heavy (non-hydrogen) atoms. The van der Waals surface area contributed by atoms with Gasteiger partial charge in [0.05, 0.1) is 6.26 Å². The zero-order chi connectivity index (χ0) is 10.9. The molecule has 0 spiro atoms. The lowest BCUT2D eigenvalue weighted by Crippen LogP contribution is -2.38. The molecule has 1 saturated heterocycles. The van der Waals surface area contributed by atoms with E-state index in [0.717, 1.165) is 13.0 Å². The van der Waals surface area contributed by atoms with Gasteiger partial charge in [0.2, 0.25) is 5.09 Å². The van der Waals surface area contributed by atoms with Gasteiger partial charge in [0, 0.05) is 19.6 Å². The van der Waals surface area contributed by atoms with E-state index in [9.17, 15) is 8.42 Å². The number of hydrogen-bond donors (Lipinski definition) is 1. The lowest BCUT2D eigenvalue weighted by Gasteiger charge is -2.21. The van der Waals surface area contributed by atoms with Crippen LogP contribution in [0.15, 0.2) is 27.9 Å². The van der Waals surface area contributed by atoms with Gasteiger partial charge in [0.1, 0.15) is 0 Å². The third kappa shape index (κ3) is 2.40. The van der Waals surface area contributed by atoms with Crippen LogP contribution in [0.1, 0.15) is 6.42 Å². The second-order valence-corrected chi connectivity index (χ2v) is 5.53. The lowest BCUT2D eigenvalue weighted by molar-refractivity contribution is 0.363. The summed E-state index contributed by atoms with van der Waals surface area (Å²) in [5.74, 6) is 0. The Balaban J connectivity index is 0.00000128. The van der Waals surface area contributed by atoms with Crippen molar-refractivity contribution in [1.29, 1.82) is 0 Å². The maximum atomic E-state index is 12.0. The minimum Gasteiger partial charge on any atom is -0.452 e. The van der Waals surface area contributed by atoms with Gasteiger partial charge in [-0.2, -0.15) is 4.31 Å². The molecule has 5 nitrogen and oxygen atoms in total. The number of nitrogens with zero attached hydrogens (tertiary/aromatic N) is 1. The molecule has 1 atom stereocenters. The summed E-state index contributed by atoms with van der Waals surface area (Å²) in [7, 11) is -1.86. The average Bonchev–Trinajstić information content (AvgIpc) is 2.89. The second-order valence-electron chi connectivity index (χ2n) is 3.60. The van der Waals surface area contributed by atoms with Crippen molar-refractivity contribution < 1.29 is 12.8 Å². The van der Waals surface area contributed by atoms with Crippen LogP contribution in [0.5, 0.6) is 0 Å². The predicted octanol–water partition coefficient (Wildman–Crippen LogP) is 0.684. The highest BCUT2D eigenvalue weighted by Crippen LogP contribution is 2.19. The van der Waals surface area contributed by atoms with Gasteiger partial charge in [-0.1, -0.05) is 0 Å². The van der Waals surface area contributed by atoms with Crippen molar-refractivity contribution in [3.63, 3.8) is 0 Å². The highest BCUT2D eigenvalue weighted by atomic mass is 35.5. The van der Waals surface area contributed by atoms with Crippen LogP contribution in [0.4, 0.5) is 0 Å². The molecule has 2 rings (SSSR count). The highest BCUT2D eigenvalue weighted by Gasteiger charge is 2.31. The Morgan fingerprint density at radius 3 is 2.81 bits per heavy atom. The molecule has 7 heteroatoms. The molecule has 0 amide bonds. The quantitative estimate of drug-likeness (QED) is 0.874. The van der Waals surface area contributed by atoms with E-state index in [-0.39, 0.29) is 23.5 Å².